The second-order valence-electron chi connectivity index (χ2n) is 7.28. The Morgan fingerprint density at radius 3 is 2.54 bits per heavy atom. The van der Waals surface area contributed by atoms with Crippen LogP contribution in [-0.4, -0.2) is 15.5 Å². The molecule has 0 saturated heterocycles. The molecule has 0 aliphatic rings. The molecule has 0 saturated carbocycles. The minimum atomic E-state index is -0.444. The summed E-state index contributed by atoms with van der Waals surface area (Å²) in [6, 6.07) is 13.5. The third-order valence-corrected chi connectivity index (χ3v) is 4.89. The Kier molecular flexibility index (Phi) is 5.26. The quantitative estimate of drug-likeness (QED) is 0.677. The number of para-hydroxylation sites is 2. The molecule has 1 heterocycles. The molecule has 136 valence electrons. The molecule has 2 aromatic carbocycles. The van der Waals surface area contributed by atoms with Gasteiger partial charge >= 0.3 is 0 Å². The number of imidazole rings is 1. The molecule has 1 aromatic heterocycles. The van der Waals surface area contributed by atoms with Crippen LogP contribution >= 0.6 is 23.2 Å². The Balaban J connectivity index is 1.94. The maximum atomic E-state index is 12.2. The highest BCUT2D eigenvalue weighted by molar-refractivity contribution is 6.42. The van der Waals surface area contributed by atoms with Crippen molar-refractivity contribution in [2.24, 2.45) is 5.41 Å². The third-order valence-electron chi connectivity index (χ3n) is 4.15. The molecule has 26 heavy (non-hydrogen) atoms. The molecule has 0 spiro atoms. The Bertz CT molecular complexity index is 957. The van der Waals surface area contributed by atoms with Gasteiger partial charge in [0.05, 0.1) is 27.6 Å². The summed E-state index contributed by atoms with van der Waals surface area (Å²) >= 11 is 12.2. The number of benzene rings is 2. The molecule has 6 heteroatoms. The molecule has 0 aliphatic heterocycles. The highest BCUT2D eigenvalue weighted by Gasteiger charge is 2.21. The third kappa shape index (κ3) is 4.02. The second-order valence-corrected chi connectivity index (χ2v) is 8.10. The van der Waals surface area contributed by atoms with E-state index in [4.69, 9.17) is 28.2 Å². The smallest absolute Gasteiger partial charge is 0.225 e. The van der Waals surface area contributed by atoms with Crippen molar-refractivity contribution in [3.8, 4) is 0 Å². The van der Waals surface area contributed by atoms with Gasteiger partial charge in [0, 0.05) is 12.0 Å². The van der Waals surface area contributed by atoms with Gasteiger partial charge in [-0.2, -0.15) is 0 Å². The van der Waals surface area contributed by atoms with Crippen LogP contribution in [0.1, 0.15) is 32.2 Å². The fraction of sp³-hybridized carbons (Fsp3) is 0.300. The van der Waals surface area contributed by atoms with E-state index in [1.54, 1.807) is 6.07 Å². The van der Waals surface area contributed by atoms with Gasteiger partial charge in [-0.25, -0.2) is 4.98 Å². The van der Waals surface area contributed by atoms with Crippen LogP contribution in [0.15, 0.2) is 42.5 Å². The zero-order valence-corrected chi connectivity index (χ0v) is 16.5. The fourth-order valence-electron chi connectivity index (χ4n) is 2.68. The summed E-state index contributed by atoms with van der Waals surface area (Å²) in [5.41, 5.74) is 2.48. The van der Waals surface area contributed by atoms with Crippen LogP contribution < -0.4 is 5.32 Å². The predicted octanol–water partition coefficient (Wildman–Crippen LogP) is 5.05. The van der Waals surface area contributed by atoms with Crippen LogP contribution in [0, 0.1) is 5.41 Å². The summed E-state index contributed by atoms with van der Waals surface area (Å²) in [5, 5.41) is 4.03. The second kappa shape index (κ2) is 7.29. The first-order valence-electron chi connectivity index (χ1n) is 8.42. The van der Waals surface area contributed by atoms with Crippen molar-refractivity contribution in [1.29, 1.82) is 0 Å². The number of fused-ring (bicyclic) bond motifs is 1. The topological polar surface area (TPSA) is 46.9 Å². The van der Waals surface area contributed by atoms with E-state index in [9.17, 15) is 4.79 Å². The van der Waals surface area contributed by atoms with Crippen molar-refractivity contribution in [2.45, 2.75) is 33.9 Å². The number of halogens is 2. The van der Waals surface area contributed by atoms with Crippen molar-refractivity contribution < 1.29 is 4.79 Å². The van der Waals surface area contributed by atoms with E-state index >= 15 is 0 Å². The minimum absolute atomic E-state index is 0.00866. The van der Waals surface area contributed by atoms with Crippen molar-refractivity contribution >= 4 is 40.1 Å². The highest BCUT2D eigenvalue weighted by Crippen LogP contribution is 2.25. The van der Waals surface area contributed by atoms with Gasteiger partial charge in [0.15, 0.2) is 0 Å². The highest BCUT2D eigenvalue weighted by atomic mass is 35.5. The van der Waals surface area contributed by atoms with Crippen LogP contribution in [0.4, 0.5) is 0 Å². The molecule has 0 unspecified atom stereocenters. The van der Waals surface area contributed by atoms with Crippen molar-refractivity contribution in [1.82, 2.24) is 14.9 Å². The van der Waals surface area contributed by atoms with Gasteiger partial charge in [0.2, 0.25) is 5.91 Å². The first-order chi connectivity index (χ1) is 12.3. The van der Waals surface area contributed by atoms with Gasteiger partial charge in [-0.15, -0.1) is 0 Å². The van der Waals surface area contributed by atoms with Gasteiger partial charge in [-0.05, 0) is 29.8 Å². The molecular formula is C20H21Cl2N3O. The fourth-order valence-corrected chi connectivity index (χ4v) is 3.00. The number of nitrogens with one attached hydrogen (secondary N) is 1. The standard InChI is InChI=1S/C20H21Cl2N3O/c1-20(2,3)19(26)23-11-18-24-16-6-4-5-7-17(16)25(18)12-13-8-9-14(21)15(22)10-13/h4-10H,11-12H2,1-3H3,(H,23,26). The molecule has 3 aromatic rings. The summed E-state index contributed by atoms with van der Waals surface area (Å²) < 4.78 is 2.10. The Morgan fingerprint density at radius 2 is 1.85 bits per heavy atom. The molecule has 1 amide bonds. The molecule has 0 radical (unpaired) electrons. The molecular weight excluding hydrogens is 369 g/mol. The largest absolute Gasteiger partial charge is 0.348 e. The van der Waals surface area contributed by atoms with Crippen molar-refractivity contribution in [3.05, 3.63) is 63.9 Å². The molecule has 4 nitrogen and oxygen atoms in total. The Labute approximate surface area is 163 Å². The Hall–Kier alpha value is -2.04. The van der Waals surface area contributed by atoms with Crippen molar-refractivity contribution in [3.63, 3.8) is 0 Å². The van der Waals surface area contributed by atoms with E-state index in [1.807, 2.05) is 57.2 Å². The van der Waals surface area contributed by atoms with Gasteiger partial charge in [-0.1, -0.05) is 62.2 Å². The monoisotopic (exact) mass is 389 g/mol. The zero-order valence-electron chi connectivity index (χ0n) is 15.0. The number of amides is 1. The van der Waals surface area contributed by atoms with E-state index in [0.717, 1.165) is 22.4 Å². The lowest BCUT2D eigenvalue weighted by Crippen LogP contribution is -2.35. The SMILES string of the molecule is CC(C)(C)C(=O)NCc1nc2ccccc2n1Cc1ccc(Cl)c(Cl)c1. The maximum absolute atomic E-state index is 12.2. The van der Waals surface area contributed by atoms with E-state index < -0.39 is 5.41 Å². The predicted molar refractivity (Wildman–Crippen MR) is 107 cm³/mol. The number of hydrogen-bond acceptors (Lipinski definition) is 2. The molecule has 1 N–H and O–H groups in total. The molecule has 0 bridgehead atoms. The lowest BCUT2D eigenvalue weighted by atomic mass is 9.96. The molecule has 0 fully saturated rings. The van der Waals surface area contributed by atoms with E-state index in [0.29, 0.717) is 23.1 Å². The van der Waals surface area contributed by atoms with Crippen LogP contribution in [0.5, 0.6) is 0 Å². The van der Waals surface area contributed by atoms with Crippen LogP contribution in [0.2, 0.25) is 10.0 Å². The van der Waals surface area contributed by atoms with Crippen molar-refractivity contribution in [2.75, 3.05) is 0 Å². The number of carbonyl (C=O) groups excluding carboxylic acids is 1. The van der Waals surface area contributed by atoms with Crippen LogP contribution in [0.25, 0.3) is 11.0 Å². The molecule has 0 aliphatic carbocycles. The number of nitrogens with zero attached hydrogens (tertiary/aromatic N) is 2. The minimum Gasteiger partial charge on any atom is -0.348 e. The van der Waals surface area contributed by atoms with Gasteiger partial charge < -0.3 is 9.88 Å². The lowest BCUT2D eigenvalue weighted by molar-refractivity contribution is -0.128. The summed E-state index contributed by atoms with van der Waals surface area (Å²) in [6.07, 6.45) is 0. The summed E-state index contributed by atoms with van der Waals surface area (Å²) in [6.45, 7) is 6.63. The van der Waals surface area contributed by atoms with Gasteiger partial charge in [0.25, 0.3) is 0 Å². The zero-order chi connectivity index (χ0) is 18.9. The van der Waals surface area contributed by atoms with Crippen LogP contribution in [0.3, 0.4) is 0 Å². The lowest BCUT2D eigenvalue weighted by Gasteiger charge is -2.18. The van der Waals surface area contributed by atoms with E-state index in [1.165, 1.54) is 0 Å². The summed E-state index contributed by atoms with van der Waals surface area (Å²) in [5.74, 6) is 0.792. The van der Waals surface area contributed by atoms with Gasteiger partial charge in [-0.3, -0.25) is 4.79 Å². The number of rotatable bonds is 4. The number of carbonyl (C=O) groups is 1. The average Bonchev–Trinajstić information content (AvgIpc) is 2.93. The summed E-state index contributed by atoms with van der Waals surface area (Å²) in [4.78, 5) is 16.9. The number of aromatic nitrogens is 2. The molecule has 3 rings (SSSR count). The first-order valence-corrected chi connectivity index (χ1v) is 9.17. The first kappa shape index (κ1) is 18.7. The van der Waals surface area contributed by atoms with E-state index in [-0.39, 0.29) is 5.91 Å². The van der Waals surface area contributed by atoms with Crippen LogP contribution in [-0.2, 0) is 17.9 Å². The Morgan fingerprint density at radius 1 is 1.12 bits per heavy atom. The van der Waals surface area contributed by atoms with E-state index in [2.05, 4.69) is 9.88 Å². The normalized spacial score (nSPS) is 11.7. The number of hydrogen-bond donors (Lipinski definition) is 1. The summed E-state index contributed by atoms with van der Waals surface area (Å²) in [7, 11) is 0. The maximum Gasteiger partial charge on any atom is 0.225 e. The van der Waals surface area contributed by atoms with Gasteiger partial charge in [0.1, 0.15) is 5.82 Å². The molecule has 0 atom stereocenters. The average molecular weight is 390 g/mol.